The maximum atomic E-state index is 11.9. The number of aromatic amines is 1. The van der Waals surface area contributed by atoms with Crippen LogP contribution in [0.15, 0.2) is 21.9 Å². The molecule has 116 valence electrons. The average Bonchev–Trinajstić information content (AvgIpc) is 2.75. The number of ether oxygens (including phenoxy) is 3. The Bertz CT molecular complexity index is 627. The first-order valence-electron chi connectivity index (χ1n) is 6.21. The van der Waals surface area contributed by atoms with Crippen LogP contribution in [0.2, 0.25) is 0 Å². The minimum Gasteiger partial charge on any atom is -0.457 e. The van der Waals surface area contributed by atoms with E-state index in [9.17, 15) is 14.4 Å². The Labute approximate surface area is 133 Å². The summed E-state index contributed by atoms with van der Waals surface area (Å²) in [5.74, 6) is -0.449. The van der Waals surface area contributed by atoms with Crippen LogP contribution in [-0.2, 0) is 19.0 Å². The van der Waals surface area contributed by atoms with Crippen molar-refractivity contribution in [3.63, 3.8) is 0 Å². The Hall–Kier alpha value is -1.20. The van der Waals surface area contributed by atoms with Crippen LogP contribution < -0.4 is 11.2 Å². The molecule has 0 amide bonds. The third-order valence-corrected chi connectivity index (χ3v) is 4.01. The van der Waals surface area contributed by atoms with Crippen LogP contribution in [0, 0.1) is 0 Å². The zero-order valence-corrected chi connectivity index (χ0v) is 13.6. The fraction of sp³-hybridized carbons (Fsp3) is 0.583. The topological polar surface area (TPSA) is 99.6 Å². The summed E-state index contributed by atoms with van der Waals surface area (Å²) in [6, 6.07) is 1.22. The maximum absolute atomic E-state index is 11.9. The van der Waals surface area contributed by atoms with Gasteiger partial charge in [-0.1, -0.05) is 22.6 Å². The SMILES string of the molecule is COC1[C@@H](OC(C)=O)[C@@H](CI)O[C@H]1n1ccc(=O)[nH]c1=O. The van der Waals surface area contributed by atoms with Crippen molar-refractivity contribution in [3.8, 4) is 0 Å². The van der Waals surface area contributed by atoms with Gasteiger partial charge in [0.1, 0.15) is 12.2 Å². The molecule has 1 aliphatic rings. The van der Waals surface area contributed by atoms with Crippen molar-refractivity contribution in [2.75, 3.05) is 11.5 Å². The molecule has 1 aliphatic heterocycles. The van der Waals surface area contributed by atoms with Gasteiger partial charge < -0.3 is 14.2 Å². The number of rotatable bonds is 4. The second kappa shape index (κ2) is 6.71. The van der Waals surface area contributed by atoms with Crippen molar-refractivity contribution in [3.05, 3.63) is 33.1 Å². The van der Waals surface area contributed by atoms with Crippen LogP contribution in [0.1, 0.15) is 13.2 Å². The third-order valence-electron chi connectivity index (χ3n) is 3.14. The molecule has 1 unspecified atom stereocenters. The van der Waals surface area contributed by atoms with E-state index in [0.717, 1.165) is 0 Å². The fourth-order valence-electron chi connectivity index (χ4n) is 2.27. The predicted molar refractivity (Wildman–Crippen MR) is 80.5 cm³/mol. The summed E-state index contributed by atoms with van der Waals surface area (Å²) in [5, 5.41) is 0. The van der Waals surface area contributed by atoms with Gasteiger partial charge in [0.15, 0.2) is 12.3 Å². The average molecular weight is 410 g/mol. The van der Waals surface area contributed by atoms with Crippen molar-refractivity contribution >= 4 is 28.6 Å². The summed E-state index contributed by atoms with van der Waals surface area (Å²) in [5.41, 5.74) is -1.10. The van der Waals surface area contributed by atoms with E-state index in [1.165, 1.54) is 30.9 Å². The highest BCUT2D eigenvalue weighted by Gasteiger charge is 2.47. The molecule has 0 aliphatic carbocycles. The standard InChI is InChI=1S/C12H15IN2O6/c1-6(16)20-9-7(5-13)21-11(10(9)19-2)15-4-3-8(17)14-12(15)18/h3-4,7,9-11H,5H2,1-2H3,(H,14,17,18)/t7-,9+,10?,11-/m1/s1. The first kappa shape index (κ1) is 16.2. The van der Waals surface area contributed by atoms with Crippen molar-refractivity contribution in [1.82, 2.24) is 9.55 Å². The number of esters is 1. The summed E-state index contributed by atoms with van der Waals surface area (Å²) in [7, 11) is 1.45. The summed E-state index contributed by atoms with van der Waals surface area (Å²) >= 11 is 2.10. The summed E-state index contributed by atoms with van der Waals surface area (Å²) in [6.07, 6.45) is -1.10. The highest BCUT2D eigenvalue weighted by molar-refractivity contribution is 14.1. The van der Waals surface area contributed by atoms with Gasteiger partial charge in [0.05, 0.1) is 0 Å². The number of nitrogens with one attached hydrogen (secondary N) is 1. The number of halogens is 1. The van der Waals surface area contributed by atoms with Gasteiger partial charge in [-0.2, -0.15) is 0 Å². The smallest absolute Gasteiger partial charge is 0.330 e. The number of carbonyl (C=O) groups excluding carboxylic acids is 1. The normalized spacial score (nSPS) is 28.5. The molecule has 1 N–H and O–H groups in total. The van der Waals surface area contributed by atoms with Crippen molar-refractivity contribution in [1.29, 1.82) is 0 Å². The molecular weight excluding hydrogens is 395 g/mol. The van der Waals surface area contributed by atoms with Gasteiger partial charge in [-0.15, -0.1) is 0 Å². The second-order valence-electron chi connectivity index (χ2n) is 4.51. The summed E-state index contributed by atoms with van der Waals surface area (Å²) < 4.78 is 18.2. The Morgan fingerprint density at radius 3 is 2.71 bits per heavy atom. The van der Waals surface area contributed by atoms with Gasteiger partial charge in [-0.05, 0) is 0 Å². The van der Waals surface area contributed by atoms with Gasteiger partial charge in [-0.3, -0.25) is 19.1 Å². The molecule has 2 rings (SSSR count). The van der Waals surface area contributed by atoms with Crippen molar-refractivity contribution in [2.45, 2.75) is 31.5 Å². The van der Waals surface area contributed by atoms with E-state index in [0.29, 0.717) is 4.43 Å². The summed E-state index contributed by atoms with van der Waals surface area (Å²) in [4.78, 5) is 36.4. The van der Waals surface area contributed by atoms with E-state index in [-0.39, 0.29) is 0 Å². The maximum Gasteiger partial charge on any atom is 0.330 e. The molecule has 1 saturated heterocycles. The fourth-order valence-corrected chi connectivity index (χ4v) is 2.98. The van der Waals surface area contributed by atoms with Crippen LogP contribution in [-0.4, -0.2) is 45.4 Å². The largest absolute Gasteiger partial charge is 0.457 e. The molecule has 8 nitrogen and oxygen atoms in total. The molecule has 0 saturated carbocycles. The van der Waals surface area contributed by atoms with Crippen molar-refractivity contribution < 1.29 is 19.0 Å². The van der Waals surface area contributed by atoms with E-state index < -0.39 is 41.8 Å². The van der Waals surface area contributed by atoms with Crippen LogP contribution in [0.25, 0.3) is 0 Å². The number of nitrogens with zero attached hydrogens (tertiary/aromatic N) is 1. The number of H-pyrrole nitrogens is 1. The van der Waals surface area contributed by atoms with Crippen LogP contribution >= 0.6 is 22.6 Å². The van der Waals surface area contributed by atoms with E-state index in [1.54, 1.807) is 0 Å². The minimum atomic E-state index is -0.775. The van der Waals surface area contributed by atoms with Crippen LogP contribution in [0.4, 0.5) is 0 Å². The molecule has 0 radical (unpaired) electrons. The van der Waals surface area contributed by atoms with E-state index in [1.807, 2.05) is 0 Å². The van der Waals surface area contributed by atoms with Gasteiger partial charge in [0.25, 0.3) is 5.56 Å². The molecule has 0 spiro atoms. The number of carbonyl (C=O) groups is 1. The number of hydrogen-bond acceptors (Lipinski definition) is 6. The van der Waals surface area contributed by atoms with Crippen molar-refractivity contribution in [2.24, 2.45) is 0 Å². The van der Waals surface area contributed by atoms with Crippen LogP contribution in [0.3, 0.4) is 0 Å². The number of aromatic nitrogens is 2. The van der Waals surface area contributed by atoms with E-state index in [4.69, 9.17) is 14.2 Å². The molecule has 0 aromatic carbocycles. The van der Waals surface area contributed by atoms with E-state index in [2.05, 4.69) is 27.6 Å². The monoisotopic (exact) mass is 410 g/mol. The molecule has 1 aromatic rings. The molecule has 1 aromatic heterocycles. The molecule has 2 heterocycles. The highest BCUT2D eigenvalue weighted by atomic mass is 127. The quantitative estimate of drug-likeness (QED) is 0.420. The minimum absolute atomic E-state index is 0.400. The lowest BCUT2D eigenvalue weighted by Gasteiger charge is -2.22. The number of hydrogen-bond donors (Lipinski definition) is 1. The highest BCUT2D eigenvalue weighted by Crippen LogP contribution is 2.33. The van der Waals surface area contributed by atoms with Gasteiger partial charge in [0, 0.05) is 30.7 Å². The molecular formula is C12H15IN2O6. The summed E-state index contributed by atoms with van der Waals surface area (Å²) in [6.45, 7) is 1.30. The lowest BCUT2D eigenvalue weighted by Crippen LogP contribution is -2.40. The lowest BCUT2D eigenvalue weighted by atomic mass is 10.1. The Morgan fingerprint density at radius 1 is 1.48 bits per heavy atom. The number of alkyl halides is 1. The van der Waals surface area contributed by atoms with Crippen LogP contribution in [0.5, 0.6) is 0 Å². The molecule has 21 heavy (non-hydrogen) atoms. The Balaban J connectivity index is 2.37. The molecule has 1 fully saturated rings. The molecule has 9 heteroatoms. The van der Waals surface area contributed by atoms with Gasteiger partial charge >= 0.3 is 11.7 Å². The Morgan fingerprint density at radius 2 is 2.19 bits per heavy atom. The van der Waals surface area contributed by atoms with Gasteiger partial charge in [-0.25, -0.2) is 4.79 Å². The number of methoxy groups -OCH3 is 1. The first-order valence-corrected chi connectivity index (χ1v) is 7.73. The zero-order chi connectivity index (χ0) is 15.6. The third kappa shape index (κ3) is 3.35. The zero-order valence-electron chi connectivity index (χ0n) is 11.4. The molecule has 0 bridgehead atoms. The van der Waals surface area contributed by atoms with Gasteiger partial charge in [0.2, 0.25) is 0 Å². The van der Waals surface area contributed by atoms with E-state index >= 15 is 0 Å². The second-order valence-corrected chi connectivity index (χ2v) is 5.39. The molecule has 4 atom stereocenters. The first-order chi connectivity index (χ1) is 9.97. The lowest BCUT2D eigenvalue weighted by molar-refractivity contribution is -0.153. The predicted octanol–water partition coefficient (Wildman–Crippen LogP) is -0.184. The Kier molecular flexibility index (Phi) is 5.17.